The number of nitrogens with zero attached hydrogens (tertiary/aromatic N) is 3. The molecule has 1 aromatic heterocycles. The van der Waals surface area contributed by atoms with Crippen LogP contribution in [0.3, 0.4) is 0 Å². The van der Waals surface area contributed by atoms with Gasteiger partial charge in [0, 0.05) is 55.9 Å². The molecular weight excluding hydrogens is 400 g/mol. The third kappa shape index (κ3) is 5.43. The van der Waals surface area contributed by atoms with Crippen LogP contribution in [-0.2, 0) is 16.1 Å². The molecule has 2 amide bonds. The Balaban J connectivity index is 1.61. The summed E-state index contributed by atoms with van der Waals surface area (Å²) >= 11 is 6.06. The fraction of sp³-hybridized carbons (Fsp3) is 0.478. The van der Waals surface area contributed by atoms with E-state index < -0.39 is 0 Å². The minimum Gasteiger partial charge on any atom is -0.355 e. The summed E-state index contributed by atoms with van der Waals surface area (Å²) in [6, 6.07) is 11.5. The fourth-order valence-electron chi connectivity index (χ4n) is 3.99. The summed E-state index contributed by atoms with van der Waals surface area (Å²) in [5.41, 5.74) is 2.11. The summed E-state index contributed by atoms with van der Waals surface area (Å²) < 4.78 is 2.18. The number of nitrogens with one attached hydrogen (secondary N) is 1. The number of carbonyl (C=O) groups is 2. The smallest absolute Gasteiger partial charge is 0.223 e. The average molecular weight is 431 g/mol. The molecule has 1 aromatic carbocycles. The van der Waals surface area contributed by atoms with Crippen molar-refractivity contribution in [2.24, 2.45) is 0 Å². The van der Waals surface area contributed by atoms with Crippen LogP contribution in [0.5, 0.6) is 0 Å². The van der Waals surface area contributed by atoms with Gasteiger partial charge >= 0.3 is 0 Å². The van der Waals surface area contributed by atoms with Crippen molar-refractivity contribution in [2.45, 2.75) is 39.3 Å². The first-order chi connectivity index (χ1) is 14.5. The highest BCUT2D eigenvalue weighted by Crippen LogP contribution is 2.33. The van der Waals surface area contributed by atoms with Crippen molar-refractivity contribution in [3.05, 3.63) is 58.9 Å². The van der Waals surface area contributed by atoms with Crippen molar-refractivity contribution in [1.82, 2.24) is 19.7 Å². The quantitative estimate of drug-likeness (QED) is 0.664. The van der Waals surface area contributed by atoms with Crippen LogP contribution in [0.25, 0.3) is 0 Å². The summed E-state index contributed by atoms with van der Waals surface area (Å²) in [5.74, 6) is -0.0692. The van der Waals surface area contributed by atoms with Gasteiger partial charge in [-0.25, -0.2) is 0 Å². The van der Waals surface area contributed by atoms with E-state index in [4.69, 9.17) is 11.6 Å². The zero-order chi connectivity index (χ0) is 21.5. The lowest BCUT2D eigenvalue weighted by molar-refractivity contribution is -0.136. The molecule has 1 N–H and O–H groups in total. The van der Waals surface area contributed by atoms with Crippen molar-refractivity contribution in [1.29, 1.82) is 0 Å². The van der Waals surface area contributed by atoms with Crippen LogP contribution in [0.2, 0.25) is 5.02 Å². The zero-order valence-electron chi connectivity index (χ0n) is 17.8. The largest absolute Gasteiger partial charge is 0.355 e. The second-order valence-corrected chi connectivity index (χ2v) is 7.98. The maximum Gasteiger partial charge on any atom is 0.223 e. The first-order valence-electron chi connectivity index (χ1n) is 10.7. The van der Waals surface area contributed by atoms with Crippen LogP contribution >= 0.6 is 11.6 Å². The number of aromatic nitrogens is 1. The zero-order valence-corrected chi connectivity index (χ0v) is 18.6. The van der Waals surface area contributed by atoms with Crippen molar-refractivity contribution >= 4 is 23.4 Å². The topological polar surface area (TPSA) is 57.6 Å². The first kappa shape index (κ1) is 22.4. The molecule has 0 bridgehead atoms. The maximum absolute atomic E-state index is 13.1. The molecule has 0 aliphatic carbocycles. The van der Waals surface area contributed by atoms with Gasteiger partial charge in [0.05, 0.1) is 6.04 Å². The Morgan fingerprint density at radius 1 is 1.10 bits per heavy atom. The van der Waals surface area contributed by atoms with E-state index in [1.165, 1.54) is 0 Å². The number of benzene rings is 1. The molecule has 1 aliphatic rings. The van der Waals surface area contributed by atoms with Gasteiger partial charge in [0.1, 0.15) is 0 Å². The van der Waals surface area contributed by atoms with Crippen LogP contribution in [-0.4, -0.2) is 58.9 Å². The predicted molar refractivity (Wildman–Crippen MR) is 119 cm³/mol. The number of hydrogen-bond acceptors (Lipinski definition) is 3. The summed E-state index contributed by atoms with van der Waals surface area (Å²) in [6.07, 6.45) is 2.47. The van der Waals surface area contributed by atoms with Crippen LogP contribution in [0.4, 0.5) is 0 Å². The average Bonchev–Trinajstić information content (AvgIpc) is 3.24. The highest BCUT2D eigenvalue weighted by molar-refractivity contribution is 6.30. The third-order valence-electron chi connectivity index (χ3n) is 5.75. The summed E-state index contributed by atoms with van der Waals surface area (Å²) in [4.78, 5) is 29.4. The molecule has 0 saturated heterocycles. The van der Waals surface area contributed by atoms with E-state index in [2.05, 4.69) is 34.7 Å². The highest BCUT2D eigenvalue weighted by Gasteiger charge is 2.32. The van der Waals surface area contributed by atoms with E-state index in [1.807, 2.05) is 41.4 Å². The molecule has 2 aromatic rings. The monoisotopic (exact) mass is 430 g/mol. The van der Waals surface area contributed by atoms with Crippen molar-refractivity contribution in [3.63, 3.8) is 0 Å². The third-order valence-corrected chi connectivity index (χ3v) is 6.01. The van der Waals surface area contributed by atoms with Gasteiger partial charge in [0.2, 0.25) is 11.8 Å². The van der Waals surface area contributed by atoms with E-state index in [0.717, 1.165) is 37.4 Å². The molecule has 0 spiro atoms. The Labute approximate surface area is 183 Å². The van der Waals surface area contributed by atoms with Gasteiger partial charge < -0.3 is 19.7 Å². The Morgan fingerprint density at radius 3 is 2.53 bits per heavy atom. The summed E-state index contributed by atoms with van der Waals surface area (Å²) in [7, 11) is 0. The molecule has 1 unspecified atom stereocenters. The van der Waals surface area contributed by atoms with Crippen molar-refractivity contribution < 1.29 is 9.59 Å². The lowest BCUT2D eigenvalue weighted by Crippen LogP contribution is -2.42. The van der Waals surface area contributed by atoms with Crippen molar-refractivity contribution in [2.75, 3.05) is 32.7 Å². The van der Waals surface area contributed by atoms with Gasteiger partial charge in [0.25, 0.3) is 0 Å². The molecule has 1 atom stereocenters. The molecule has 0 saturated carbocycles. The van der Waals surface area contributed by atoms with Crippen LogP contribution in [0.15, 0.2) is 42.6 Å². The molecule has 162 valence electrons. The molecule has 7 heteroatoms. The molecule has 0 radical (unpaired) electrons. The maximum atomic E-state index is 13.1. The van der Waals surface area contributed by atoms with Crippen LogP contribution in [0, 0.1) is 0 Å². The molecule has 30 heavy (non-hydrogen) atoms. The van der Waals surface area contributed by atoms with Crippen LogP contribution in [0.1, 0.15) is 44.0 Å². The number of halogens is 1. The lowest BCUT2D eigenvalue weighted by atomic mass is 9.99. The van der Waals surface area contributed by atoms with Gasteiger partial charge in [-0.15, -0.1) is 0 Å². The number of amides is 2. The molecule has 0 fully saturated rings. The van der Waals surface area contributed by atoms with E-state index >= 15 is 0 Å². The Hall–Kier alpha value is -2.31. The predicted octanol–water partition coefficient (Wildman–Crippen LogP) is 3.31. The second kappa shape index (κ2) is 10.6. The van der Waals surface area contributed by atoms with Gasteiger partial charge in [0.15, 0.2) is 0 Å². The summed E-state index contributed by atoms with van der Waals surface area (Å²) in [5, 5.41) is 3.60. The molecular formula is C23H31ClN4O2. The molecule has 3 rings (SSSR count). The lowest BCUT2D eigenvalue weighted by Gasteiger charge is -2.37. The number of hydrogen-bond donors (Lipinski definition) is 1. The highest BCUT2D eigenvalue weighted by atomic mass is 35.5. The first-order valence-corrected chi connectivity index (χ1v) is 11.1. The molecule has 6 nitrogen and oxygen atoms in total. The Bertz CT molecular complexity index is 845. The van der Waals surface area contributed by atoms with Crippen LogP contribution < -0.4 is 5.32 Å². The Kier molecular flexibility index (Phi) is 7.94. The van der Waals surface area contributed by atoms with Gasteiger partial charge in [-0.3, -0.25) is 9.59 Å². The molecule has 2 heterocycles. The number of carbonyl (C=O) groups excluding carboxylic acids is 2. The fourth-order valence-corrected chi connectivity index (χ4v) is 4.12. The van der Waals surface area contributed by atoms with Gasteiger partial charge in [-0.05, 0) is 42.9 Å². The second-order valence-electron chi connectivity index (χ2n) is 7.54. The Morgan fingerprint density at radius 2 is 1.83 bits per heavy atom. The van der Waals surface area contributed by atoms with Gasteiger partial charge in [-0.1, -0.05) is 37.6 Å². The van der Waals surface area contributed by atoms with E-state index in [1.54, 1.807) is 0 Å². The van der Waals surface area contributed by atoms with E-state index in [-0.39, 0.29) is 30.7 Å². The minimum absolute atomic E-state index is 0.00120. The summed E-state index contributed by atoms with van der Waals surface area (Å²) in [6.45, 7) is 8.97. The van der Waals surface area contributed by atoms with E-state index in [9.17, 15) is 9.59 Å². The van der Waals surface area contributed by atoms with E-state index in [0.29, 0.717) is 18.1 Å². The molecule has 1 aliphatic heterocycles. The number of fused-ring (bicyclic) bond motifs is 1. The van der Waals surface area contributed by atoms with Gasteiger partial charge in [-0.2, -0.15) is 0 Å². The minimum atomic E-state index is -0.163. The standard InChI is InChI=1S/C23H31ClN4O2/c1-3-26(4-2)15-13-25-21(29)11-12-22(30)28-17-16-27-14-5-6-20(27)23(28)18-7-9-19(24)10-8-18/h5-10,14,23H,3-4,11-13,15-17H2,1-2H3,(H,25,29). The number of likely N-dealkylation sites (N-methyl/N-ethyl adjacent to an activating group) is 1. The number of rotatable bonds is 9. The SMILES string of the molecule is CCN(CC)CCNC(=O)CCC(=O)N1CCn2cccc2C1c1ccc(Cl)cc1. The van der Waals surface area contributed by atoms with Crippen molar-refractivity contribution in [3.8, 4) is 0 Å². The normalized spacial score (nSPS) is 15.9.